The highest BCUT2D eigenvalue weighted by Crippen LogP contribution is 2.28. The molecule has 0 saturated heterocycles. The van der Waals surface area contributed by atoms with Gasteiger partial charge < -0.3 is 9.47 Å². The van der Waals surface area contributed by atoms with Crippen LogP contribution in [0, 0.1) is 0 Å². The third-order valence-electron chi connectivity index (χ3n) is 4.37. The van der Waals surface area contributed by atoms with Gasteiger partial charge in [0.25, 0.3) is 0 Å². The molecule has 0 radical (unpaired) electrons. The first-order valence-electron chi connectivity index (χ1n) is 8.53. The monoisotopic (exact) mass is 374 g/mol. The first-order valence-corrected chi connectivity index (χ1v) is 8.53. The average Bonchev–Trinajstić information content (AvgIpc) is 2.77. The molecule has 0 saturated carbocycles. The van der Waals surface area contributed by atoms with Crippen LogP contribution in [-0.4, -0.2) is 32.4 Å². The first kappa shape index (κ1) is 19.0. The van der Waals surface area contributed by atoms with Crippen LogP contribution in [0.25, 0.3) is 22.3 Å². The highest BCUT2D eigenvalue weighted by atomic mass is 16.5. The van der Waals surface area contributed by atoms with Crippen LogP contribution in [0.1, 0.15) is 31.1 Å². The van der Waals surface area contributed by atoms with Crippen LogP contribution in [0.15, 0.2) is 66.7 Å². The largest absolute Gasteiger partial charge is 0.465 e. The highest BCUT2D eigenvalue weighted by Gasteiger charge is 2.09. The summed E-state index contributed by atoms with van der Waals surface area (Å²) in [6.07, 6.45) is 0.790. The van der Waals surface area contributed by atoms with Crippen molar-refractivity contribution in [1.29, 1.82) is 0 Å². The Morgan fingerprint density at radius 2 is 1.04 bits per heavy atom. The van der Waals surface area contributed by atoms with Crippen molar-refractivity contribution in [3.05, 3.63) is 83.4 Å². The van der Waals surface area contributed by atoms with Gasteiger partial charge in [0.1, 0.15) is 6.29 Å². The lowest BCUT2D eigenvalue weighted by atomic mass is 9.95. The van der Waals surface area contributed by atoms with E-state index < -0.39 is 11.9 Å². The van der Waals surface area contributed by atoms with Gasteiger partial charge in [0, 0.05) is 5.56 Å². The minimum absolute atomic E-state index is 0.403. The molecule has 0 fully saturated rings. The van der Waals surface area contributed by atoms with Crippen LogP contribution < -0.4 is 0 Å². The van der Waals surface area contributed by atoms with Crippen LogP contribution in [0.4, 0.5) is 0 Å². The maximum absolute atomic E-state index is 11.6. The zero-order chi connectivity index (χ0) is 20.1. The first-order chi connectivity index (χ1) is 13.5. The number of methoxy groups -OCH3 is 2. The zero-order valence-corrected chi connectivity index (χ0v) is 15.5. The van der Waals surface area contributed by atoms with Gasteiger partial charge >= 0.3 is 11.9 Å². The third-order valence-corrected chi connectivity index (χ3v) is 4.37. The number of carbonyl (C=O) groups excluding carboxylic acids is 3. The van der Waals surface area contributed by atoms with Crippen molar-refractivity contribution in [1.82, 2.24) is 0 Å². The van der Waals surface area contributed by atoms with E-state index >= 15 is 0 Å². The van der Waals surface area contributed by atoms with Crippen molar-refractivity contribution >= 4 is 18.2 Å². The smallest absolute Gasteiger partial charge is 0.337 e. The molecule has 0 heterocycles. The Morgan fingerprint density at radius 3 is 1.36 bits per heavy atom. The molecule has 0 aliphatic rings. The van der Waals surface area contributed by atoms with Crippen LogP contribution in [0.3, 0.4) is 0 Å². The van der Waals surface area contributed by atoms with Gasteiger partial charge in [0.05, 0.1) is 25.3 Å². The molecule has 0 aliphatic heterocycles. The molecule has 3 rings (SSSR count). The standard InChI is InChI=1S/C23H18O5/c1-27-22(25)18-7-3-16(4-8-18)20-11-15(14-24)12-21(13-20)17-5-9-19(10-6-17)23(26)28-2/h3-14H,1-2H3. The fraction of sp³-hybridized carbons (Fsp3) is 0.0870. The third kappa shape index (κ3) is 3.99. The fourth-order valence-corrected chi connectivity index (χ4v) is 2.89. The highest BCUT2D eigenvalue weighted by molar-refractivity contribution is 5.91. The Morgan fingerprint density at radius 1 is 0.643 bits per heavy atom. The summed E-state index contributed by atoms with van der Waals surface area (Å²) in [6.45, 7) is 0. The summed E-state index contributed by atoms with van der Waals surface area (Å²) >= 11 is 0. The minimum Gasteiger partial charge on any atom is -0.465 e. The summed E-state index contributed by atoms with van der Waals surface area (Å²) in [6, 6.07) is 19.5. The predicted octanol–water partition coefficient (Wildman–Crippen LogP) is 4.41. The van der Waals surface area contributed by atoms with E-state index in [0.29, 0.717) is 16.7 Å². The summed E-state index contributed by atoms with van der Waals surface area (Å²) in [5, 5.41) is 0. The van der Waals surface area contributed by atoms with Gasteiger partial charge in [-0.1, -0.05) is 24.3 Å². The number of ether oxygens (including phenoxy) is 2. The van der Waals surface area contributed by atoms with E-state index in [1.165, 1.54) is 14.2 Å². The van der Waals surface area contributed by atoms with Crippen molar-refractivity contribution in [2.75, 3.05) is 14.2 Å². The van der Waals surface area contributed by atoms with Gasteiger partial charge in [-0.2, -0.15) is 0 Å². The van der Waals surface area contributed by atoms with E-state index in [1.54, 1.807) is 60.7 Å². The molecule has 140 valence electrons. The van der Waals surface area contributed by atoms with Gasteiger partial charge in [0.2, 0.25) is 0 Å². The lowest BCUT2D eigenvalue weighted by molar-refractivity contribution is 0.0592. The number of benzene rings is 3. The maximum Gasteiger partial charge on any atom is 0.337 e. The second-order valence-electron chi connectivity index (χ2n) is 6.10. The molecule has 0 aromatic heterocycles. The van der Waals surface area contributed by atoms with Crippen LogP contribution in [0.2, 0.25) is 0 Å². The van der Waals surface area contributed by atoms with Crippen molar-refractivity contribution in [2.45, 2.75) is 0 Å². The average molecular weight is 374 g/mol. The van der Waals surface area contributed by atoms with Crippen molar-refractivity contribution in [3.8, 4) is 22.3 Å². The molecule has 5 nitrogen and oxygen atoms in total. The Kier molecular flexibility index (Phi) is 5.65. The molecule has 0 spiro atoms. The molecule has 3 aromatic rings. The number of rotatable bonds is 5. The van der Waals surface area contributed by atoms with Gasteiger partial charge in [0.15, 0.2) is 0 Å². The number of carbonyl (C=O) groups is 3. The SMILES string of the molecule is COC(=O)c1ccc(-c2cc(C=O)cc(-c3ccc(C(=O)OC)cc3)c2)cc1. The Balaban J connectivity index is 1.99. The molecular formula is C23H18O5. The van der Waals surface area contributed by atoms with Crippen molar-refractivity contribution < 1.29 is 23.9 Å². The topological polar surface area (TPSA) is 69.7 Å². The van der Waals surface area contributed by atoms with Crippen molar-refractivity contribution in [2.24, 2.45) is 0 Å². The van der Waals surface area contributed by atoms with Gasteiger partial charge in [-0.3, -0.25) is 4.79 Å². The minimum atomic E-state index is -0.403. The molecule has 0 unspecified atom stereocenters. The fourth-order valence-electron chi connectivity index (χ4n) is 2.89. The molecule has 28 heavy (non-hydrogen) atoms. The van der Waals surface area contributed by atoms with Crippen LogP contribution in [0.5, 0.6) is 0 Å². The van der Waals surface area contributed by atoms with E-state index in [1.807, 2.05) is 6.07 Å². The molecule has 0 bridgehead atoms. The van der Waals surface area contributed by atoms with E-state index in [9.17, 15) is 14.4 Å². The zero-order valence-electron chi connectivity index (χ0n) is 15.5. The normalized spacial score (nSPS) is 10.2. The van der Waals surface area contributed by atoms with E-state index in [0.717, 1.165) is 28.5 Å². The van der Waals surface area contributed by atoms with E-state index in [-0.39, 0.29) is 0 Å². The quantitative estimate of drug-likeness (QED) is 0.489. The van der Waals surface area contributed by atoms with Crippen molar-refractivity contribution in [3.63, 3.8) is 0 Å². The second kappa shape index (κ2) is 8.31. The summed E-state index contributed by atoms with van der Waals surface area (Å²) in [5.74, 6) is -0.806. The molecule has 0 atom stereocenters. The molecule has 0 N–H and O–H groups in total. The van der Waals surface area contributed by atoms with Gasteiger partial charge in [-0.25, -0.2) is 9.59 Å². The Labute approximate surface area is 162 Å². The van der Waals surface area contributed by atoms with Crippen LogP contribution in [-0.2, 0) is 9.47 Å². The molecule has 0 amide bonds. The summed E-state index contributed by atoms with van der Waals surface area (Å²) in [7, 11) is 2.67. The second-order valence-corrected chi connectivity index (χ2v) is 6.10. The lowest BCUT2D eigenvalue weighted by Gasteiger charge is -2.09. The molecule has 3 aromatic carbocycles. The maximum atomic E-state index is 11.6. The Bertz CT molecular complexity index is 940. The van der Waals surface area contributed by atoms with E-state index in [2.05, 4.69) is 0 Å². The summed E-state index contributed by atoms with van der Waals surface area (Å²) in [4.78, 5) is 34.6. The van der Waals surface area contributed by atoms with E-state index in [4.69, 9.17) is 9.47 Å². The summed E-state index contributed by atoms with van der Waals surface area (Å²) < 4.78 is 9.42. The molecule has 5 heteroatoms. The van der Waals surface area contributed by atoms with Gasteiger partial charge in [-0.05, 0) is 64.7 Å². The van der Waals surface area contributed by atoms with Gasteiger partial charge in [-0.15, -0.1) is 0 Å². The number of hydrogen-bond acceptors (Lipinski definition) is 5. The Hall–Kier alpha value is -3.73. The lowest BCUT2D eigenvalue weighted by Crippen LogP contribution is -2.00. The molecule has 0 aliphatic carbocycles. The summed E-state index contributed by atoms with van der Waals surface area (Å²) in [5.41, 5.74) is 4.85. The number of esters is 2. The van der Waals surface area contributed by atoms with Crippen LogP contribution >= 0.6 is 0 Å². The molecular weight excluding hydrogens is 356 g/mol. The number of aldehydes is 1. The predicted molar refractivity (Wildman–Crippen MR) is 105 cm³/mol. The number of hydrogen-bond donors (Lipinski definition) is 0.